The van der Waals surface area contributed by atoms with E-state index in [0.29, 0.717) is 0 Å². The van der Waals surface area contributed by atoms with Crippen LogP contribution >= 0.6 is 0 Å². The first-order valence-electron chi connectivity index (χ1n) is 5.47. The molecule has 1 heterocycles. The lowest BCUT2D eigenvalue weighted by Gasteiger charge is -2.17. The standard InChI is InChI=1S/C10H17NO5/c1-5-8(13)9(14)10(15-5)16-7(4-12)11-6-2-3-6/h5-6,8-10,12-14H,2-4H2,1H3/t5-,8+,9-,10-/m1/s1. The Bertz CT molecular complexity index is 278. The van der Waals surface area contributed by atoms with Crippen LogP contribution in [0, 0.1) is 0 Å². The topological polar surface area (TPSA) is 91.5 Å². The molecule has 1 aliphatic heterocycles. The summed E-state index contributed by atoms with van der Waals surface area (Å²) < 4.78 is 10.4. The minimum Gasteiger partial charge on any atom is -0.447 e. The molecule has 0 unspecified atom stereocenters. The van der Waals surface area contributed by atoms with E-state index in [1.54, 1.807) is 6.92 Å². The quantitative estimate of drug-likeness (QED) is 0.429. The molecule has 0 aromatic carbocycles. The van der Waals surface area contributed by atoms with Gasteiger partial charge in [0.25, 0.3) is 0 Å². The minimum atomic E-state index is -1.11. The number of hydrogen-bond donors (Lipinski definition) is 3. The van der Waals surface area contributed by atoms with E-state index in [1.165, 1.54) is 0 Å². The van der Waals surface area contributed by atoms with E-state index in [4.69, 9.17) is 14.6 Å². The number of hydrogen-bond acceptors (Lipinski definition) is 6. The van der Waals surface area contributed by atoms with E-state index in [1.807, 2.05) is 0 Å². The van der Waals surface area contributed by atoms with Gasteiger partial charge >= 0.3 is 0 Å². The minimum absolute atomic E-state index is 0.160. The van der Waals surface area contributed by atoms with E-state index in [2.05, 4.69) is 4.99 Å². The van der Waals surface area contributed by atoms with Crippen LogP contribution in [0.15, 0.2) is 4.99 Å². The van der Waals surface area contributed by atoms with Crippen LogP contribution in [0.3, 0.4) is 0 Å². The third kappa shape index (κ3) is 2.52. The molecule has 4 atom stereocenters. The molecule has 0 radical (unpaired) electrons. The monoisotopic (exact) mass is 231 g/mol. The van der Waals surface area contributed by atoms with Gasteiger partial charge in [0.2, 0.25) is 12.2 Å². The molecule has 0 bridgehead atoms. The number of aliphatic hydroxyl groups is 3. The van der Waals surface area contributed by atoms with Gasteiger partial charge in [-0.2, -0.15) is 0 Å². The molecule has 92 valence electrons. The van der Waals surface area contributed by atoms with Gasteiger partial charge in [-0.15, -0.1) is 0 Å². The normalized spacial score (nSPS) is 40.1. The first-order chi connectivity index (χ1) is 7.61. The Morgan fingerprint density at radius 1 is 1.38 bits per heavy atom. The van der Waals surface area contributed by atoms with Gasteiger partial charge in [-0.05, 0) is 19.8 Å². The van der Waals surface area contributed by atoms with Crippen LogP contribution in [-0.2, 0) is 9.47 Å². The van der Waals surface area contributed by atoms with Crippen LogP contribution in [0.25, 0.3) is 0 Å². The third-order valence-corrected chi connectivity index (χ3v) is 2.72. The Labute approximate surface area is 93.5 Å². The van der Waals surface area contributed by atoms with Crippen molar-refractivity contribution in [2.24, 2.45) is 4.99 Å². The predicted octanol–water partition coefficient (Wildman–Crippen LogP) is -0.977. The third-order valence-electron chi connectivity index (χ3n) is 2.72. The van der Waals surface area contributed by atoms with Gasteiger partial charge in [0, 0.05) is 0 Å². The maximum atomic E-state index is 9.59. The molecular weight excluding hydrogens is 214 g/mol. The van der Waals surface area contributed by atoms with Gasteiger partial charge in [-0.3, -0.25) is 4.99 Å². The van der Waals surface area contributed by atoms with Crippen molar-refractivity contribution in [2.75, 3.05) is 6.61 Å². The van der Waals surface area contributed by atoms with Crippen LogP contribution in [0.4, 0.5) is 0 Å². The maximum Gasteiger partial charge on any atom is 0.230 e. The van der Waals surface area contributed by atoms with Crippen LogP contribution in [0.1, 0.15) is 19.8 Å². The smallest absolute Gasteiger partial charge is 0.230 e. The summed E-state index contributed by atoms with van der Waals surface area (Å²) in [5.74, 6) is 0.160. The molecule has 6 nitrogen and oxygen atoms in total. The number of nitrogens with zero attached hydrogens (tertiary/aromatic N) is 1. The van der Waals surface area contributed by atoms with E-state index in [0.717, 1.165) is 12.8 Å². The highest BCUT2D eigenvalue weighted by Gasteiger charge is 2.42. The maximum absolute atomic E-state index is 9.59. The summed E-state index contributed by atoms with van der Waals surface area (Å²) in [5, 5.41) is 28.1. The highest BCUT2D eigenvalue weighted by molar-refractivity contribution is 5.77. The highest BCUT2D eigenvalue weighted by atomic mass is 16.7. The average Bonchev–Trinajstić information content (AvgIpc) is 3.04. The van der Waals surface area contributed by atoms with Crippen LogP contribution in [0.5, 0.6) is 0 Å². The van der Waals surface area contributed by atoms with Crippen molar-refractivity contribution in [3.05, 3.63) is 0 Å². The van der Waals surface area contributed by atoms with Gasteiger partial charge in [0.05, 0.1) is 12.1 Å². The first kappa shape index (κ1) is 11.8. The van der Waals surface area contributed by atoms with Crippen molar-refractivity contribution in [3.63, 3.8) is 0 Å². The number of ether oxygens (including phenoxy) is 2. The highest BCUT2D eigenvalue weighted by Crippen LogP contribution is 2.25. The molecule has 0 aromatic heterocycles. The fraction of sp³-hybridized carbons (Fsp3) is 0.900. The van der Waals surface area contributed by atoms with Gasteiger partial charge in [-0.25, -0.2) is 0 Å². The summed E-state index contributed by atoms with van der Waals surface area (Å²) in [7, 11) is 0. The molecule has 1 saturated heterocycles. The first-order valence-corrected chi connectivity index (χ1v) is 5.47. The van der Waals surface area contributed by atoms with Crippen molar-refractivity contribution >= 4 is 5.90 Å². The zero-order valence-electron chi connectivity index (χ0n) is 9.11. The summed E-state index contributed by atoms with van der Waals surface area (Å²) in [6.07, 6.45) is -1.51. The number of aliphatic hydroxyl groups excluding tert-OH is 3. The lowest BCUT2D eigenvalue weighted by Crippen LogP contribution is -2.34. The second kappa shape index (κ2) is 4.67. The Hall–Kier alpha value is -0.690. The molecule has 0 amide bonds. The summed E-state index contributed by atoms with van der Waals surface area (Å²) >= 11 is 0. The van der Waals surface area contributed by atoms with Gasteiger partial charge in [-0.1, -0.05) is 0 Å². The zero-order valence-corrected chi connectivity index (χ0v) is 9.11. The molecule has 0 spiro atoms. The Balaban J connectivity index is 1.93. The lowest BCUT2D eigenvalue weighted by molar-refractivity contribution is -0.116. The van der Waals surface area contributed by atoms with Crippen LogP contribution in [-0.4, -0.2) is 58.5 Å². The lowest BCUT2D eigenvalue weighted by atomic mass is 10.2. The predicted molar refractivity (Wildman–Crippen MR) is 55.0 cm³/mol. The SMILES string of the molecule is C[C@H]1O[C@H](OC(CO)=NC2CC2)[C@H](O)[C@H]1O. The molecule has 2 rings (SSSR count). The van der Waals surface area contributed by atoms with Crippen molar-refractivity contribution < 1.29 is 24.8 Å². The van der Waals surface area contributed by atoms with Crippen molar-refractivity contribution in [3.8, 4) is 0 Å². The fourth-order valence-electron chi connectivity index (χ4n) is 1.56. The van der Waals surface area contributed by atoms with Crippen molar-refractivity contribution in [1.82, 2.24) is 0 Å². The van der Waals surface area contributed by atoms with Gasteiger partial charge in [0.1, 0.15) is 18.8 Å². The summed E-state index contributed by atoms with van der Waals surface area (Å²) in [6.45, 7) is 1.32. The van der Waals surface area contributed by atoms with Crippen LogP contribution < -0.4 is 0 Å². The summed E-state index contributed by atoms with van der Waals surface area (Å²) in [5.41, 5.74) is 0. The molecule has 3 N–H and O–H groups in total. The van der Waals surface area contributed by atoms with E-state index < -0.39 is 24.6 Å². The molecule has 2 fully saturated rings. The second-order valence-electron chi connectivity index (χ2n) is 4.22. The van der Waals surface area contributed by atoms with Crippen molar-refractivity contribution in [2.45, 2.75) is 50.4 Å². The Morgan fingerprint density at radius 2 is 2.06 bits per heavy atom. The van der Waals surface area contributed by atoms with Gasteiger partial charge < -0.3 is 24.8 Å². The van der Waals surface area contributed by atoms with E-state index >= 15 is 0 Å². The van der Waals surface area contributed by atoms with Crippen molar-refractivity contribution in [1.29, 1.82) is 0 Å². The average molecular weight is 231 g/mol. The number of aliphatic imine (C=N–C) groups is 1. The molecule has 16 heavy (non-hydrogen) atoms. The molecule has 6 heteroatoms. The molecule has 1 saturated carbocycles. The Kier molecular flexibility index (Phi) is 3.44. The van der Waals surface area contributed by atoms with E-state index in [-0.39, 0.29) is 18.5 Å². The number of rotatable bonds is 3. The summed E-state index contributed by atoms with van der Waals surface area (Å²) in [4.78, 5) is 4.13. The molecule has 0 aromatic rings. The molecule has 1 aliphatic carbocycles. The molecule has 2 aliphatic rings. The molecular formula is C10H17NO5. The zero-order chi connectivity index (χ0) is 11.7. The second-order valence-corrected chi connectivity index (χ2v) is 4.22. The largest absolute Gasteiger partial charge is 0.447 e. The fourth-order valence-corrected chi connectivity index (χ4v) is 1.56. The summed E-state index contributed by atoms with van der Waals surface area (Å²) in [6, 6.07) is 0.225. The van der Waals surface area contributed by atoms with Gasteiger partial charge in [0.15, 0.2) is 0 Å². The Morgan fingerprint density at radius 3 is 2.50 bits per heavy atom. The van der Waals surface area contributed by atoms with E-state index in [9.17, 15) is 10.2 Å². The van der Waals surface area contributed by atoms with Crippen LogP contribution in [0.2, 0.25) is 0 Å².